The number of aromatic nitrogens is 2. The SMILES string of the molecule is O=C(Cc1ccc(-n2c(=O)c3sccc3n(Cc3ccccc3)c2=O)cc1)Nc1ccccc1. The Morgan fingerprint density at radius 3 is 2.18 bits per heavy atom. The number of thiophene rings is 1. The van der Waals surface area contributed by atoms with Crippen molar-refractivity contribution in [2.45, 2.75) is 13.0 Å². The maximum atomic E-state index is 13.4. The van der Waals surface area contributed by atoms with Crippen LogP contribution in [0, 0.1) is 0 Å². The van der Waals surface area contributed by atoms with E-state index in [2.05, 4.69) is 5.32 Å². The van der Waals surface area contributed by atoms with Gasteiger partial charge in [0.2, 0.25) is 5.91 Å². The zero-order chi connectivity index (χ0) is 23.5. The van der Waals surface area contributed by atoms with E-state index in [1.165, 1.54) is 15.9 Å². The van der Waals surface area contributed by atoms with Crippen LogP contribution in [0.3, 0.4) is 0 Å². The summed E-state index contributed by atoms with van der Waals surface area (Å²) in [4.78, 5) is 39.0. The smallest absolute Gasteiger partial charge is 0.326 e. The molecule has 5 aromatic rings. The summed E-state index contributed by atoms with van der Waals surface area (Å²) in [5.74, 6) is -0.138. The molecule has 0 saturated carbocycles. The van der Waals surface area contributed by atoms with Gasteiger partial charge in [-0.05, 0) is 46.8 Å². The van der Waals surface area contributed by atoms with Crippen molar-refractivity contribution < 1.29 is 4.79 Å². The van der Waals surface area contributed by atoms with Gasteiger partial charge in [0.05, 0.1) is 24.2 Å². The molecule has 1 amide bonds. The monoisotopic (exact) mass is 467 g/mol. The van der Waals surface area contributed by atoms with Gasteiger partial charge in [-0.2, -0.15) is 0 Å². The summed E-state index contributed by atoms with van der Waals surface area (Å²) in [6.07, 6.45) is 0.187. The molecule has 0 spiro atoms. The number of carbonyl (C=O) groups is 1. The van der Waals surface area contributed by atoms with E-state index in [-0.39, 0.29) is 17.9 Å². The van der Waals surface area contributed by atoms with Crippen LogP contribution in [-0.2, 0) is 17.8 Å². The third-order valence-electron chi connectivity index (χ3n) is 5.56. The van der Waals surface area contributed by atoms with Gasteiger partial charge in [0, 0.05) is 5.69 Å². The van der Waals surface area contributed by atoms with Gasteiger partial charge in [0.1, 0.15) is 4.70 Å². The predicted octanol–water partition coefficient (Wildman–Crippen LogP) is 4.44. The maximum absolute atomic E-state index is 13.4. The summed E-state index contributed by atoms with van der Waals surface area (Å²) < 4.78 is 3.36. The molecule has 6 nitrogen and oxygen atoms in total. The normalized spacial score (nSPS) is 10.9. The molecule has 0 saturated heterocycles. The van der Waals surface area contributed by atoms with E-state index >= 15 is 0 Å². The molecule has 168 valence electrons. The van der Waals surface area contributed by atoms with E-state index in [9.17, 15) is 14.4 Å². The first-order valence-corrected chi connectivity index (χ1v) is 11.7. The van der Waals surface area contributed by atoms with Gasteiger partial charge < -0.3 is 5.32 Å². The Labute approximate surface area is 199 Å². The van der Waals surface area contributed by atoms with Crippen LogP contribution in [0.1, 0.15) is 11.1 Å². The van der Waals surface area contributed by atoms with Crippen LogP contribution in [-0.4, -0.2) is 15.0 Å². The molecule has 7 heteroatoms. The van der Waals surface area contributed by atoms with Crippen LogP contribution >= 0.6 is 11.3 Å². The van der Waals surface area contributed by atoms with Crippen molar-refractivity contribution in [1.82, 2.24) is 9.13 Å². The highest BCUT2D eigenvalue weighted by molar-refractivity contribution is 7.17. The summed E-state index contributed by atoms with van der Waals surface area (Å²) in [7, 11) is 0. The minimum absolute atomic E-state index is 0.138. The molecule has 0 fully saturated rings. The minimum Gasteiger partial charge on any atom is -0.326 e. The zero-order valence-corrected chi connectivity index (χ0v) is 19.0. The number of fused-ring (bicyclic) bond motifs is 1. The Morgan fingerprint density at radius 1 is 0.794 bits per heavy atom. The van der Waals surface area contributed by atoms with Crippen molar-refractivity contribution in [3.05, 3.63) is 128 Å². The summed E-state index contributed by atoms with van der Waals surface area (Å²) in [5, 5.41) is 4.68. The summed E-state index contributed by atoms with van der Waals surface area (Å²) in [6, 6.07) is 27.7. The Hall–Kier alpha value is -4.23. The molecule has 0 aliphatic heterocycles. The number of benzene rings is 3. The standard InChI is InChI=1S/C27H21N3O3S/c31-24(28-21-9-5-2-6-10-21)17-19-11-13-22(14-12-19)30-26(32)25-23(15-16-34-25)29(27(30)33)18-20-7-3-1-4-8-20/h1-16H,17-18H2,(H,28,31). The first kappa shape index (κ1) is 21.6. The lowest BCUT2D eigenvalue weighted by Crippen LogP contribution is -2.38. The first-order valence-electron chi connectivity index (χ1n) is 10.8. The molecule has 0 atom stereocenters. The molecule has 0 aliphatic rings. The lowest BCUT2D eigenvalue weighted by atomic mass is 10.1. The molecule has 34 heavy (non-hydrogen) atoms. The summed E-state index contributed by atoms with van der Waals surface area (Å²) >= 11 is 1.32. The van der Waals surface area contributed by atoms with Gasteiger partial charge in [-0.25, -0.2) is 9.36 Å². The Morgan fingerprint density at radius 2 is 1.47 bits per heavy atom. The second kappa shape index (κ2) is 9.33. The van der Waals surface area contributed by atoms with Crippen LogP contribution < -0.4 is 16.6 Å². The molecule has 2 aromatic heterocycles. The van der Waals surface area contributed by atoms with Crippen molar-refractivity contribution in [1.29, 1.82) is 0 Å². The average Bonchev–Trinajstić information content (AvgIpc) is 3.34. The predicted molar refractivity (Wildman–Crippen MR) is 136 cm³/mol. The highest BCUT2D eigenvalue weighted by Crippen LogP contribution is 2.18. The second-order valence-corrected chi connectivity index (χ2v) is 8.80. The molecule has 5 rings (SSSR count). The molecular weight excluding hydrogens is 446 g/mol. The van der Waals surface area contributed by atoms with Crippen LogP contribution in [0.15, 0.2) is 106 Å². The second-order valence-electron chi connectivity index (χ2n) is 7.89. The largest absolute Gasteiger partial charge is 0.336 e. The zero-order valence-electron chi connectivity index (χ0n) is 18.2. The summed E-state index contributed by atoms with van der Waals surface area (Å²) in [5.41, 5.74) is 2.87. The van der Waals surface area contributed by atoms with Gasteiger partial charge in [-0.1, -0.05) is 60.7 Å². The number of nitrogens with zero attached hydrogens (tertiary/aromatic N) is 2. The van der Waals surface area contributed by atoms with E-state index in [1.807, 2.05) is 72.1 Å². The minimum atomic E-state index is -0.394. The Kier molecular flexibility index (Phi) is 5.93. The van der Waals surface area contributed by atoms with E-state index in [0.29, 0.717) is 22.4 Å². The Bertz CT molecular complexity index is 1570. The number of amides is 1. The van der Waals surface area contributed by atoms with Crippen molar-refractivity contribution >= 4 is 33.1 Å². The fourth-order valence-corrected chi connectivity index (χ4v) is 4.73. The number of anilines is 1. The lowest BCUT2D eigenvalue weighted by Gasteiger charge is -2.13. The molecule has 0 radical (unpaired) electrons. The number of rotatable bonds is 6. The van der Waals surface area contributed by atoms with Crippen molar-refractivity contribution in [3.8, 4) is 5.69 Å². The molecule has 0 unspecified atom stereocenters. The Balaban J connectivity index is 1.46. The molecule has 0 aliphatic carbocycles. The third kappa shape index (κ3) is 4.33. The fourth-order valence-electron chi connectivity index (χ4n) is 3.91. The van der Waals surface area contributed by atoms with Gasteiger partial charge in [-0.3, -0.25) is 14.2 Å². The molecule has 0 bridgehead atoms. The van der Waals surface area contributed by atoms with E-state index in [4.69, 9.17) is 0 Å². The quantitative estimate of drug-likeness (QED) is 0.401. The fraction of sp³-hybridized carbons (Fsp3) is 0.0741. The van der Waals surface area contributed by atoms with Crippen LogP contribution in [0.25, 0.3) is 15.9 Å². The topological polar surface area (TPSA) is 73.1 Å². The number of carbonyl (C=O) groups excluding carboxylic acids is 1. The van der Waals surface area contributed by atoms with Crippen LogP contribution in [0.2, 0.25) is 0 Å². The van der Waals surface area contributed by atoms with Gasteiger partial charge in [0.25, 0.3) is 5.56 Å². The lowest BCUT2D eigenvalue weighted by molar-refractivity contribution is -0.115. The van der Waals surface area contributed by atoms with E-state index in [1.54, 1.807) is 28.8 Å². The number of para-hydroxylation sites is 1. The highest BCUT2D eigenvalue weighted by Gasteiger charge is 2.16. The molecule has 3 aromatic carbocycles. The number of hydrogen-bond acceptors (Lipinski definition) is 4. The van der Waals surface area contributed by atoms with E-state index < -0.39 is 5.69 Å². The summed E-state index contributed by atoms with van der Waals surface area (Å²) in [6.45, 7) is 0.366. The van der Waals surface area contributed by atoms with Crippen LogP contribution in [0.5, 0.6) is 0 Å². The van der Waals surface area contributed by atoms with E-state index in [0.717, 1.165) is 16.8 Å². The molecule has 2 heterocycles. The average molecular weight is 468 g/mol. The van der Waals surface area contributed by atoms with Crippen LogP contribution in [0.4, 0.5) is 5.69 Å². The molecular formula is C27H21N3O3S. The number of nitrogens with one attached hydrogen (secondary N) is 1. The molecule has 1 N–H and O–H groups in total. The van der Waals surface area contributed by atoms with Gasteiger partial charge in [0.15, 0.2) is 0 Å². The number of hydrogen-bond donors (Lipinski definition) is 1. The van der Waals surface area contributed by atoms with Crippen molar-refractivity contribution in [3.63, 3.8) is 0 Å². The van der Waals surface area contributed by atoms with Crippen molar-refractivity contribution in [2.75, 3.05) is 5.32 Å². The van der Waals surface area contributed by atoms with Gasteiger partial charge >= 0.3 is 5.69 Å². The third-order valence-corrected chi connectivity index (χ3v) is 6.45. The highest BCUT2D eigenvalue weighted by atomic mass is 32.1. The van der Waals surface area contributed by atoms with Crippen molar-refractivity contribution in [2.24, 2.45) is 0 Å². The van der Waals surface area contributed by atoms with Gasteiger partial charge in [-0.15, -0.1) is 11.3 Å². The first-order chi connectivity index (χ1) is 16.6. The maximum Gasteiger partial charge on any atom is 0.336 e.